The fourth-order valence-corrected chi connectivity index (χ4v) is 2.40. The molecule has 1 N–H and O–H groups in total. The summed E-state index contributed by atoms with van der Waals surface area (Å²) < 4.78 is 0. The van der Waals surface area contributed by atoms with Crippen molar-refractivity contribution in [2.75, 3.05) is 18.5 Å². The van der Waals surface area contributed by atoms with Crippen molar-refractivity contribution in [3.63, 3.8) is 0 Å². The van der Waals surface area contributed by atoms with Gasteiger partial charge in [-0.2, -0.15) is 0 Å². The van der Waals surface area contributed by atoms with Gasteiger partial charge in [0.15, 0.2) is 0 Å². The lowest BCUT2D eigenvalue weighted by Gasteiger charge is -2.26. The van der Waals surface area contributed by atoms with Crippen molar-refractivity contribution in [1.29, 1.82) is 0 Å². The number of hydrogen-bond acceptors (Lipinski definition) is 3. The summed E-state index contributed by atoms with van der Waals surface area (Å²) >= 11 is 0. The van der Waals surface area contributed by atoms with Crippen LogP contribution in [0.3, 0.4) is 0 Å². The molecular weight excluding hydrogens is 234 g/mol. The molecule has 1 aliphatic carbocycles. The summed E-state index contributed by atoms with van der Waals surface area (Å²) in [5, 5.41) is 3.25. The van der Waals surface area contributed by atoms with Crippen LogP contribution in [0.2, 0.25) is 0 Å². The fraction of sp³-hybridized carbons (Fsp3) is 0.688. The van der Waals surface area contributed by atoms with Gasteiger partial charge in [-0.1, -0.05) is 20.8 Å². The lowest BCUT2D eigenvalue weighted by atomic mass is 9.90. The van der Waals surface area contributed by atoms with Gasteiger partial charge in [0, 0.05) is 30.2 Å². The van der Waals surface area contributed by atoms with Gasteiger partial charge in [0.25, 0.3) is 0 Å². The van der Waals surface area contributed by atoms with Gasteiger partial charge in [0.1, 0.15) is 5.82 Å². The van der Waals surface area contributed by atoms with Crippen molar-refractivity contribution in [3.05, 3.63) is 23.4 Å². The molecule has 1 aromatic heterocycles. The maximum Gasteiger partial charge on any atom is 0.129 e. The molecule has 0 unspecified atom stereocenters. The predicted octanol–water partition coefficient (Wildman–Crippen LogP) is 3.09. The van der Waals surface area contributed by atoms with Crippen LogP contribution in [0, 0.1) is 0 Å². The standard InChI is InChI=1S/C16H27N3/c1-6-19(13-7-8-13)15-10-12(11-17-5)9-14(18-15)16(2,3)4/h9-10,13,17H,6-8,11H2,1-5H3. The highest BCUT2D eigenvalue weighted by Crippen LogP contribution is 2.32. The Morgan fingerprint density at radius 1 is 1.32 bits per heavy atom. The predicted molar refractivity (Wildman–Crippen MR) is 81.7 cm³/mol. The van der Waals surface area contributed by atoms with Gasteiger partial charge in [-0.3, -0.25) is 0 Å². The zero-order valence-corrected chi connectivity index (χ0v) is 13.0. The van der Waals surface area contributed by atoms with Crippen LogP contribution in [0.4, 0.5) is 5.82 Å². The number of nitrogens with one attached hydrogen (secondary N) is 1. The molecule has 0 amide bonds. The molecule has 0 atom stereocenters. The molecule has 1 heterocycles. The Morgan fingerprint density at radius 2 is 2.00 bits per heavy atom. The molecule has 19 heavy (non-hydrogen) atoms. The van der Waals surface area contributed by atoms with E-state index in [0.29, 0.717) is 0 Å². The van der Waals surface area contributed by atoms with Crippen molar-refractivity contribution in [3.8, 4) is 0 Å². The second-order valence-electron chi connectivity index (χ2n) is 6.52. The second-order valence-corrected chi connectivity index (χ2v) is 6.52. The van der Waals surface area contributed by atoms with Crippen LogP contribution in [0.15, 0.2) is 12.1 Å². The lowest BCUT2D eigenvalue weighted by molar-refractivity contribution is 0.565. The van der Waals surface area contributed by atoms with Gasteiger partial charge in [0.05, 0.1) is 0 Å². The number of aromatic nitrogens is 1. The largest absolute Gasteiger partial charge is 0.354 e. The highest BCUT2D eigenvalue weighted by atomic mass is 15.2. The second kappa shape index (κ2) is 5.49. The maximum absolute atomic E-state index is 4.92. The Morgan fingerprint density at radius 3 is 2.47 bits per heavy atom. The first-order valence-corrected chi connectivity index (χ1v) is 7.38. The average Bonchev–Trinajstić information content (AvgIpc) is 3.13. The summed E-state index contributed by atoms with van der Waals surface area (Å²) in [4.78, 5) is 7.37. The SMILES string of the molecule is CCN(c1cc(CNC)cc(C(C)(C)C)n1)C1CC1. The summed E-state index contributed by atoms with van der Waals surface area (Å²) in [5.74, 6) is 1.16. The molecule has 1 saturated carbocycles. The van der Waals surface area contributed by atoms with E-state index in [2.05, 4.69) is 50.0 Å². The van der Waals surface area contributed by atoms with Gasteiger partial charge in [0.2, 0.25) is 0 Å². The third-order valence-corrected chi connectivity index (χ3v) is 3.64. The summed E-state index contributed by atoms with van der Waals surface area (Å²) in [7, 11) is 2.00. The van der Waals surface area contributed by atoms with E-state index in [1.807, 2.05) is 7.05 Å². The molecule has 1 aliphatic rings. The van der Waals surface area contributed by atoms with E-state index in [1.165, 1.54) is 24.1 Å². The fourth-order valence-electron chi connectivity index (χ4n) is 2.40. The number of pyridine rings is 1. The first kappa shape index (κ1) is 14.3. The monoisotopic (exact) mass is 261 g/mol. The van der Waals surface area contributed by atoms with Crippen molar-refractivity contribution in [2.45, 2.75) is 58.5 Å². The third-order valence-electron chi connectivity index (χ3n) is 3.64. The van der Waals surface area contributed by atoms with Crippen LogP contribution in [0.25, 0.3) is 0 Å². The normalized spacial score (nSPS) is 15.6. The summed E-state index contributed by atoms with van der Waals surface area (Å²) in [6, 6.07) is 5.20. The minimum Gasteiger partial charge on any atom is -0.354 e. The number of anilines is 1. The number of rotatable bonds is 5. The van der Waals surface area contributed by atoms with E-state index in [-0.39, 0.29) is 5.41 Å². The Hall–Kier alpha value is -1.09. The van der Waals surface area contributed by atoms with Crippen LogP contribution < -0.4 is 10.2 Å². The average molecular weight is 261 g/mol. The molecule has 0 aliphatic heterocycles. The van der Waals surface area contributed by atoms with Gasteiger partial charge >= 0.3 is 0 Å². The summed E-state index contributed by atoms with van der Waals surface area (Å²) in [6.45, 7) is 10.9. The first-order valence-electron chi connectivity index (χ1n) is 7.38. The molecular formula is C16H27N3. The molecule has 1 fully saturated rings. The molecule has 0 spiro atoms. The molecule has 0 aromatic carbocycles. The Balaban J connectivity index is 2.38. The van der Waals surface area contributed by atoms with E-state index < -0.39 is 0 Å². The van der Waals surface area contributed by atoms with Gasteiger partial charge in [-0.15, -0.1) is 0 Å². The Bertz CT molecular complexity index is 430. The first-order chi connectivity index (χ1) is 8.95. The number of nitrogens with zero attached hydrogens (tertiary/aromatic N) is 2. The van der Waals surface area contributed by atoms with E-state index in [4.69, 9.17) is 4.98 Å². The molecule has 1 aromatic rings. The lowest BCUT2D eigenvalue weighted by Crippen LogP contribution is -2.28. The summed E-state index contributed by atoms with van der Waals surface area (Å²) in [5.41, 5.74) is 2.62. The minimum atomic E-state index is 0.0987. The molecule has 2 rings (SSSR count). The van der Waals surface area contributed by atoms with E-state index >= 15 is 0 Å². The maximum atomic E-state index is 4.92. The molecule has 0 saturated heterocycles. The van der Waals surface area contributed by atoms with Gasteiger partial charge in [-0.25, -0.2) is 4.98 Å². The van der Waals surface area contributed by atoms with Crippen molar-refractivity contribution in [2.24, 2.45) is 0 Å². The van der Waals surface area contributed by atoms with Crippen molar-refractivity contribution >= 4 is 5.82 Å². The van der Waals surface area contributed by atoms with E-state index in [1.54, 1.807) is 0 Å². The highest BCUT2D eigenvalue weighted by molar-refractivity contribution is 5.46. The zero-order chi connectivity index (χ0) is 14.0. The molecule has 0 radical (unpaired) electrons. The number of hydrogen-bond donors (Lipinski definition) is 1. The van der Waals surface area contributed by atoms with Crippen molar-refractivity contribution < 1.29 is 0 Å². The van der Waals surface area contributed by atoms with Crippen LogP contribution >= 0.6 is 0 Å². The van der Waals surface area contributed by atoms with Gasteiger partial charge in [-0.05, 0) is 44.5 Å². The Labute approximate surface area is 117 Å². The zero-order valence-electron chi connectivity index (χ0n) is 13.0. The minimum absolute atomic E-state index is 0.0987. The van der Waals surface area contributed by atoms with Crippen LogP contribution in [0.1, 0.15) is 51.8 Å². The van der Waals surface area contributed by atoms with Crippen LogP contribution in [-0.4, -0.2) is 24.6 Å². The van der Waals surface area contributed by atoms with Crippen LogP contribution in [-0.2, 0) is 12.0 Å². The molecule has 0 bridgehead atoms. The smallest absolute Gasteiger partial charge is 0.129 e. The quantitative estimate of drug-likeness (QED) is 0.883. The molecule has 106 valence electrons. The third kappa shape index (κ3) is 3.47. The Kier molecular flexibility index (Phi) is 4.14. The van der Waals surface area contributed by atoms with Gasteiger partial charge < -0.3 is 10.2 Å². The molecule has 3 heteroatoms. The topological polar surface area (TPSA) is 28.2 Å². The van der Waals surface area contributed by atoms with Crippen molar-refractivity contribution in [1.82, 2.24) is 10.3 Å². The van der Waals surface area contributed by atoms with Crippen LogP contribution in [0.5, 0.6) is 0 Å². The summed E-state index contributed by atoms with van der Waals surface area (Å²) in [6.07, 6.45) is 2.63. The molecule has 3 nitrogen and oxygen atoms in total. The van der Waals surface area contributed by atoms with E-state index in [9.17, 15) is 0 Å². The van der Waals surface area contributed by atoms with E-state index in [0.717, 1.165) is 24.9 Å². The highest BCUT2D eigenvalue weighted by Gasteiger charge is 2.29.